The molecule has 0 radical (unpaired) electrons. The number of nitrogens with zero attached hydrogens (tertiary/aromatic N) is 4. The van der Waals surface area contributed by atoms with Crippen LogP contribution >= 0.6 is 0 Å². The van der Waals surface area contributed by atoms with Gasteiger partial charge < -0.3 is 5.73 Å². The summed E-state index contributed by atoms with van der Waals surface area (Å²) in [5.41, 5.74) is 8.68. The largest absolute Gasteiger partial charge is 0.368 e. The minimum atomic E-state index is 0.345. The molecule has 0 saturated heterocycles. The molecule has 0 unspecified atom stereocenters. The molecule has 2 N–H and O–H groups in total. The summed E-state index contributed by atoms with van der Waals surface area (Å²) in [7, 11) is 0. The quantitative estimate of drug-likeness (QED) is 0.858. The third-order valence-electron chi connectivity index (χ3n) is 3.58. The Hall–Kier alpha value is -1.65. The number of fused-ring (bicyclic) bond motifs is 1. The van der Waals surface area contributed by atoms with E-state index in [1.54, 1.807) is 0 Å². The summed E-state index contributed by atoms with van der Waals surface area (Å²) in [4.78, 5) is 8.62. The lowest BCUT2D eigenvalue weighted by atomic mass is 9.93. The van der Waals surface area contributed by atoms with Gasteiger partial charge in [0.1, 0.15) is 0 Å². The van der Waals surface area contributed by atoms with E-state index in [2.05, 4.69) is 21.6 Å². The minimum absolute atomic E-state index is 0.345. The lowest BCUT2D eigenvalue weighted by Gasteiger charge is -2.25. The zero-order valence-electron chi connectivity index (χ0n) is 10.3. The van der Waals surface area contributed by atoms with E-state index in [-0.39, 0.29) is 0 Å². The van der Waals surface area contributed by atoms with Crippen molar-refractivity contribution in [3.8, 4) is 0 Å². The van der Waals surface area contributed by atoms with Crippen molar-refractivity contribution in [3.05, 3.63) is 11.4 Å². The SMILES string of the molecule is CCc1nn(C2CCC2)c2nc(N)nc(C)c12. The van der Waals surface area contributed by atoms with Gasteiger partial charge in [0.05, 0.1) is 22.8 Å². The van der Waals surface area contributed by atoms with Crippen LogP contribution in [0.15, 0.2) is 0 Å². The number of nitrogen functional groups attached to an aromatic ring is 1. The molecule has 2 aromatic rings. The number of aromatic nitrogens is 4. The molecular formula is C12H17N5. The highest BCUT2D eigenvalue weighted by atomic mass is 15.3. The zero-order valence-corrected chi connectivity index (χ0v) is 10.3. The van der Waals surface area contributed by atoms with Gasteiger partial charge >= 0.3 is 0 Å². The summed E-state index contributed by atoms with van der Waals surface area (Å²) in [5.74, 6) is 0.345. The molecule has 1 aliphatic rings. The van der Waals surface area contributed by atoms with Crippen LogP contribution in [0.1, 0.15) is 43.6 Å². The Kier molecular flexibility index (Phi) is 2.28. The highest BCUT2D eigenvalue weighted by molar-refractivity contribution is 5.81. The van der Waals surface area contributed by atoms with Gasteiger partial charge in [-0.2, -0.15) is 10.1 Å². The first kappa shape index (κ1) is 10.5. The molecule has 2 heterocycles. The normalized spacial score (nSPS) is 16.4. The molecule has 0 aromatic carbocycles. The Morgan fingerprint density at radius 3 is 2.71 bits per heavy atom. The van der Waals surface area contributed by atoms with Gasteiger partial charge in [0.2, 0.25) is 5.95 Å². The number of anilines is 1. The van der Waals surface area contributed by atoms with E-state index < -0.39 is 0 Å². The number of aryl methyl sites for hydroxylation is 2. The summed E-state index contributed by atoms with van der Waals surface area (Å²) in [6.07, 6.45) is 4.59. The molecule has 3 rings (SSSR count). The zero-order chi connectivity index (χ0) is 12.0. The van der Waals surface area contributed by atoms with E-state index in [9.17, 15) is 0 Å². The Bertz CT molecular complexity index is 568. The highest BCUT2D eigenvalue weighted by Crippen LogP contribution is 2.34. The van der Waals surface area contributed by atoms with Crippen molar-refractivity contribution in [1.29, 1.82) is 0 Å². The van der Waals surface area contributed by atoms with Gasteiger partial charge in [-0.05, 0) is 32.6 Å². The third-order valence-corrected chi connectivity index (χ3v) is 3.58. The van der Waals surface area contributed by atoms with Crippen molar-refractivity contribution < 1.29 is 0 Å². The van der Waals surface area contributed by atoms with Gasteiger partial charge in [0.25, 0.3) is 0 Å². The van der Waals surface area contributed by atoms with Crippen LogP contribution in [-0.4, -0.2) is 19.7 Å². The maximum Gasteiger partial charge on any atom is 0.222 e. The van der Waals surface area contributed by atoms with Crippen LogP contribution < -0.4 is 5.73 Å². The molecule has 0 bridgehead atoms. The maximum absolute atomic E-state index is 5.74. The van der Waals surface area contributed by atoms with E-state index in [0.29, 0.717) is 12.0 Å². The van der Waals surface area contributed by atoms with Crippen molar-refractivity contribution in [3.63, 3.8) is 0 Å². The second-order valence-corrected chi connectivity index (χ2v) is 4.70. The number of nitrogens with two attached hydrogens (primary N) is 1. The van der Waals surface area contributed by atoms with Gasteiger partial charge in [-0.3, -0.25) is 0 Å². The van der Waals surface area contributed by atoms with Gasteiger partial charge in [-0.25, -0.2) is 9.67 Å². The van der Waals surface area contributed by atoms with Crippen molar-refractivity contribution in [2.45, 2.75) is 45.6 Å². The van der Waals surface area contributed by atoms with Gasteiger partial charge in [-0.15, -0.1) is 0 Å². The highest BCUT2D eigenvalue weighted by Gasteiger charge is 2.25. The fourth-order valence-corrected chi connectivity index (χ4v) is 2.44. The summed E-state index contributed by atoms with van der Waals surface area (Å²) in [6, 6.07) is 0.506. The molecule has 0 atom stereocenters. The second kappa shape index (κ2) is 3.68. The molecule has 2 aromatic heterocycles. The van der Waals surface area contributed by atoms with Crippen LogP contribution in [0.25, 0.3) is 11.0 Å². The Morgan fingerprint density at radius 2 is 2.12 bits per heavy atom. The lowest BCUT2D eigenvalue weighted by molar-refractivity contribution is 0.294. The number of hydrogen-bond acceptors (Lipinski definition) is 4. The predicted octanol–water partition coefficient (Wildman–Crippen LogP) is 2.00. The summed E-state index contributed by atoms with van der Waals surface area (Å²) in [5, 5.41) is 5.78. The van der Waals surface area contributed by atoms with Crippen molar-refractivity contribution in [1.82, 2.24) is 19.7 Å². The fraction of sp³-hybridized carbons (Fsp3) is 0.583. The summed E-state index contributed by atoms with van der Waals surface area (Å²) >= 11 is 0. The molecule has 0 amide bonds. The van der Waals surface area contributed by atoms with Gasteiger partial charge in [-0.1, -0.05) is 6.92 Å². The Morgan fingerprint density at radius 1 is 1.35 bits per heavy atom. The third kappa shape index (κ3) is 1.49. The number of hydrogen-bond donors (Lipinski definition) is 1. The van der Waals surface area contributed by atoms with E-state index in [1.807, 2.05) is 6.92 Å². The molecular weight excluding hydrogens is 214 g/mol. The Balaban J connectivity index is 2.28. The minimum Gasteiger partial charge on any atom is -0.368 e. The van der Waals surface area contributed by atoms with E-state index in [1.165, 1.54) is 19.3 Å². The molecule has 5 nitrogen and oxygen atoms in total. The molecule has 5 heteroatoms. The fourth-order valence-electron chi connectivity index (χ4n) is 2.44. The van der Waals surface area contributed by atoms with Crippen LogP contribution in [0, 0.1) is 6.92 Å². The van der Waals surface area contributed by atoms with Crippen LogP contribution in [-0.2, 0) is 6.42 Å². The average Bonchev–Trinajstić information content (AvgIpc) is 2.55. The summed E-state index contributed by atoms with van der Waals surface area (Å²) in [6.45, 7) is 4.09. The molecule has 0 aliphatic heterocycles. The molecule has 1 aliphatic carbocycles. The summed E-state index contributed by atoms with van der Waals surface area (Å²) < 4.78 is 2.06. The first-order chi connectivity index (χ1) is 8.20. The maximum atomic E-state index is 5.74. The van der Waals surface area contributed by atoms with E-state index in [0.717, 1.165) is 28.8 Å². The van der Waals surface area contributed by atoms with Crippen LogP contribution in [0.4, 0.5) is 5.95 Å². The monoisotopic (exact) mass is 231 g/mol. The van der Waals surface area contributed by atoms with Crippen molar-refractivity contribution >= 4 is 17.0 Å². The average molecular weight is 231 g/mol. The number of rotatable bonds is 2. The first-order valence-corrected chi connectivity index (χ1v) is 6.22. The van der Waals surface area contributed by atoms with E-state index in [4.69, 9.17) is 10.8 Å². The smallest absolute Gasteiger partial charge is 0.222 e. The molecule has 0 spiro atoms. The first-order valence-electron chi connectivity index (χ1n) is 6.22. The Labute approximate surface area is 100 Å². The van der Waals surface area contributed by atoms with Crippen molar-refractivity contribution in [2.24, 2.45) is 0 Å². The topological polar surface area (TPSA) is 69.6 Å². The molecule has 1 saturated carbocycles. The van der Waals surface area contributed by atoms with Gasteiger partial charge in [0, 0.05) is 0 Å². The van der Waals surface area contributed by atoms with Gasteiger partial charge in [0.15, 0.2) is 5.65 Å². The molecule has 90 valence electrons. The van der Waals surface area contributed by atoms with Crippen LogP contribution in [0.5, 0.6) is 0 Å². The molecule has 17 heavy (non-hydrogen) atoms. The standard InChI is InChI=1S/C12H17N5/c1-3-9-10-7(2)14-12(13)15-11(10)17(16-9)8-5-4-6-8/h8H,3-6H2,1-2H3,(H2,13,14,15). The van der Waals surface area contributed by atoms with Crippen LogP contribution in [0.2, 0.25) is 0 Å². The van der Waals surface area contributed by atoms with E-state index >= 15 is 0 Å². The van der Waals surface area contributed by atoms with Crippen molar-refractivity contribution in [2.75, 3.05) is 5.73 Å². The molecule has 1 fully saturated rings. The van der Waals surface area contributed by atoms with Crippen LogP contribution in [0.3, 0.4) is 0 Å². The second-order valence-electron chi connectivity index (χ2n) is 4.70. The lowest BCUT2D eigenvalue weighted by Crippen LogP contribution is -2.18. The predicted molar refractivity (Wildman–Crippen MR) is 66.7 cm³/mol.